The van der Waals surface area contributed by atoms with E-state index in [1.807, 2.05) is 0 Å². The highest BCUT2D eigenvalue weighted by atomic mass is 79.9. The van der Waals surface area contributed by atoms with Crippen molar-refractivity contribution in [3.63, 3.8) is 0 Å². The second-order valence-electron chi connectivity index (χ2n) is 2.63. The molecule has 0 unspecified atom stereocenters. The summed E-state index contributed by atoms with van der Waals surface area (Å²) < 4.78 is 44.3. The SMILES string of the molecule is O=C(COCC(F)(F)F)c1occc1Br. The first-order valence-electron chi connectivity index (χ1n) is 3.81. The molecule has 0 fully saturated rings. The van der Waals surface area contributed by atoms with Gasteiger partial charge in [0, 0.05) is 0 Å². The maximum atomic E-state index is 11.7. The molecule has 0 amide bonds. The highest BCUT2D eigenvalue weighted by molar-refractivity contribution is 9.10. The van der Waals surface area contributed by atoms with Crippen molar-refractivity contribution in [1.29, 1.82) is 0 Å². The zero-order chi connectivity index (χ0) is 11.5. The third-order valence-corrected chi connectivity index (χ3v) is 1.99. The molecule has 84 valence electrons. The topological polar surface area (TPSA) is 39.4 Å². The maximum Gasteiger partial charge on any atom is 0.411 e. The van der Waals surface area contributed by atoms with Crippen molar-refractivity contribution in [3.8, 4) is 0 Å². The summed E-state index contributed by atoms with van der Waals surface area (Å²) in [5, 5.41) is 0. The first-order valence-corrected chi connectivity index (χ1v) is 4.60. The van der Waals surface area contributed by atoms with Gasteiger partial charge in [0.15, 0.2) is 5.76 Å². The molecule has 1 rings (SSSR count). The molecule has 1 heterocycles. The number of rotatable bonds is 4. The summed E-state index contributed by atoms with van der Waals surface area (Å²) in [5.41, 5.74) is 0. The number of ketones is 1. The molecule has 0 N–H and O–H groups in total. The van der Waals surface area contributed by atoms with Crippen molar-refractivity contribution in [2.45, 2.75) is 6.18 Å². The molecule has 0 aliphatic rings. The number of hydrogen-bond donors (Lipinski definition) is 0. The predicted octanol–water partition coefficient (Wildman–Crippen LogP) is 2.80. The van der Waals surface area contributed by atoms with E-state index in [0.717, 1.165) is 0 Å². The normalized spacial score (nSPS) is 11.7. The van der Waals surface area contributed by atoms with Crippen LogP contribution in [0.15, 0.2) is 21.2 Å². The van der Waals surface area contributed by atoms with Gasteiger partial charge in [0.2, 0.25) is 5.78 Å². The summed E-state index contributed by atoms with van der Waals surface area (Å²) in [6.07, 6.45) is -3.18. The van der Waals surface area contributed by atoms with E-state index in [4.69, 9.17) is 4.42 Å². The Morgan fingerprint density at radius 2 is 2.20 bits per heavy atom. The van der Waals surface area contributed by atoms with Crippen LogP contribution in [-0.2, 0) is 4.74 Å². The quantitative estimate of drug-likeness (QED) is 0.799. The summed E-state index contributed by atoms with van der Waals surface area (Å²) in [7, 11) is 0. The van der Waals surface area contributed by atoms with Crippen molar-refractivity contribution in [3.05, 3.63) is 22.6 Å². The molecule has 0 saturated carbocycles. The van der Waals surface area contributed by atoms with Gasteiger partial charge in [-0.15, -0.1) is 0 Å². The van der Waals surface area contributed by atoms with Crippen LogP contribution in [0.5, 0.6) is 0 Å². The van der Waals surface area contributed by atoms with Crippen LogP contribution in [0.3, 0.4) is 0 Å². The smallest absolute Gasteiger partial charge is 0.411 e. The predicted molar refractivity (Wildman–Crippen MR) is 47.6 cm³/mol. The average Bonchev–Trinajstić information content (AvgIpc) is 2.48. The van der Waals surface area contributed by atoms with Crippen LogP contribution in [0.4, 0.5) is 13.2 Å². The Morgan fingerprint density at radius 3 is 2.67 bits per heavy atom. The van der Waals surface area contributed by atoms with Crippen LogP contribution in [-0.4, -0.2) is 25.2 Å². The second kappa shape index (κ2) is 4.80. The molecule has 15 heavy (non-hydrogen) atoms. The largest absolute Gasteiger partial charge is 0.460 e. The fourth-order valence-corrected chi connectivity index (χ4v) is 1.24. The molecule has 0 saturated heterocycles. The van der Waals surface area contributed by atoms with Gasteiger partial charge < -0.3 is 9.15 Å². The molecule has 0 radical (unpaired) electrons. The number of ether oxygens (including phenoxy) is 1. The lowest BCUT2D eigenvalue weighted by Gasteiger charge is -2.05. The van der Waals surface area contributed by atoms with E-state index in [-0.39, 0.29) is 5.76 Å². The highest BCUT2D eigenvalue weighted by Gasteiger charge is 2.28. The van der Waals surface area contributed by atoms with Gasteiger partial charge >= 0.3 is 6.18 Å². The van der Waals surface area contributed by atoms with Gasteiger partial charge in [0.05, 0.1) is 10.7 Å². The number of hydrogen-bond acceptors (Lipinski definition) is 3. The summed E-state index contributed by atoms with van der Waals surface area (Å²) in [6.45, 7) is -2.11. The van der Waals surface area contributed by atoms with E-state index in [1.165, 1.54) is 12.3 Å². The molecular weight excluding hydrogens is 281 g/mol. The molecule has 3 nitrogen and oxygen atoms in total. The molecule has 0 spiro atoms. The molecular formula is C8H6BrF3O3. The molecule has 7 heteroatoms. The first kappa shape index (κ1) is 12.3. The van der Waals surface area contributed by atoms with Gasteiger partial charge in [0.1, 0.15) is 13.2 Å². The lowest BCUT2D eigenvalue weighted by molar-refractivity contribution is -0.171. The summed E-state index contributed by atoms with van der Waals surface area (Å²) in [5.74, 6) is -0.687. The van der Waals surface area contributed by atoms with Crippen LogP contribution < -0.4 is 0 Å². The summed E-state index contributed by atoms with van der Waals surface area (Å²) in [4.78, 5) is 11.2. The fourth-order valence-electron chi connectivity index (χ4n) is 0.818. The number of halogens is 4. The van der Waals surface area contributed by atoms with Crippen molar-refractivity contribution in [1.82, 2.24) is 0 Å². The van der Waals surface area contributed by atoms with E-state index in [0.29, 0.717) is 4.47 Å². The van der Waals surface area contributed by atoms with Gasteiger partial charge in [-0.25, -0.2) is 0 Å². The van der Waals surface area contributed by atoms with E-state index >= 15 is 0 Å². The van der Waals surface area contributed by atoms with Crippen molar-refractivity contribution in [2.24, 2.45) is 0 Å². The van der Waals surface area contributed by atoms with Crippen LogP contribution in [0.2, 0.25) is 0 Å². The Hall–Kier alpha value is -0.820. The number of carbonyl (C=O) groups excluding carboxylic acids is 1. The lowest BCUT2D eigenvalue weighted by atomic mass is 10.3. The Morgan fingerprint density at radius 1 is 1.53 bits per heavy atom. The van der Waals surface area contributed by atoms with Crippen LogP contribution in [0, 0.1) is 0 Å². The van der Waals surface area contributed by atoms with Gasteiger partial charge in [-0.1, -0.05) is 0 Å². The van der Waals surface area contributed by atoms with E-state index in [9.17, 15) is 18.0 Å². The van der Waals surface area contributed by atoms with Crippen LogP contribution in [0.1, 0.15) is 10.6 Å². The first-order chi connectivity index (χ1) is 6.90. The Bertz CT molecular complexity index is 345. The molecule has 0 aliphatic heterocycles. The molecule has 1 aromatic heterocycles. The fraction of sp³-hybridized carbons (Fsp3) is 0.375. The molecule has 0 aliphatic carbocycles. The minimum atomic E-state index is -4.43. The molecule has 0 bridgehead atoms. The van der Waals surface area contributed by atoms with E-state index in [2.05, 4.69) is 20.7 Å². The third-order valence-electron chi connectivity index (χ3n) is 1.37. The third kappa shape index (κ3) is 4.05. The highest BCUT2D eigenvalue weighted by Crippen LogP contribution is 2.19. The summed E-state index contributed by atoms with van der Waals surface area (Å²) >= 11 is 3.01. The summed E-state index contributed by atoms with van der Waals surface area (Å²) in [6, 6.07) is 1.47. The maximum absolute atomic E-state index is 11.7. The molecule has 0 atom stereocenters. The van der Waals surface area contributed by atoms with Gasteiger partial charge in [-0.3, -0.25) is 4.79 Å². The average molecular weight is 287 g/mol. The van der Waals surface area contributed by atoms with Gasteiger partial charge in [-0.05, 0) is 22.0 Å². The lowest BCUT2D eigenvalue weighted by Crippen LogP contribution is -2.20. The number of furan rings is 1. The standard InChI is InChI=1S/C8H6BrF3O3/c9-5-1-2-15-7(5)6(13)3-14-4-8(10,11)12/h1-2H,3-4H2. The minimum absolute atomic E-state index is 0.0443. The van der Waals surface area contributed by atoms with Crippen LogP contribution >= 0.6 is 15.9 Å². The number of Topliss-reactive ketones (excluding diaryl/α,β-unsaturated/α-hetero) is 1. The van der Waals surface area contributed by atoms with Crippen LogP contribution in [0.25, 0.3) is 0 Å². The Balaban J connectivity index is 2.41. The number of carbonyl (C=O) groups is 1. The van der Waals surface area contributed by atoms with Crippen molar-refractivity contribution >= 4 is 21.7 Å². The van der Waals surface area contributed by atoms with E-state index < -0.39 is 25.2 Å². The Kier molecular flexibility index (Phi) is 3.92. The number of alkyl halides is 3. The Labute approximate surface area is 91.3 Å². The zero-order valence-electron chi connectivity index (χ0n) is 7.31. The minimum Gasteiger partial charge on any atom is -0.460 e. The molecule has 1 aromatic rings. The van der Waals surface area contributed by atoms with Gasteiger partial charge in [-0.2, -0.15) is 13.2 Å². The molecule has 0 aromatic carbocycles. The van der Waals surface area contributed by atoms with Gasteiger partial charge in [0.25, 0.3) is 0 Å². The van der Waals surface area contributed by atoms with E-state index in [1.54, 1.807) is 0 Å². The van der Waals surface area contributed by atoms with Crippen molar-refractivity contribution in [2.75, 3.05) is 13.2 Å². The second-order valence-corrected chi connectivity index (χ2v) is 3.48. The zero-order valence-corrected chi connectivity index (χ0v) is 8.89. The van der Waals surface area contributed by atoms with Crippen molar-refractivity contribution < 1.29 is 27.1 Å². The monoisotopic (exact) mass is 286 g/mol.